The van der Waals surface area contributed by atoms with Gasteiger partial charge in [0.25, 0.3) is 0 Å². The summed E-state index contributed by atoms with van der Waals surface area (Å²) in [4.78, 5) is 6.95. The summed E-state index contributed by atoms with van der Waals surface area (Å²) in [5.41, 5.74) is 1.07. The number of rotatable bonds is 3. The van der Waals surface area contributed by atoms with E-state index in [1.807, 2.05) is 0 Å². The first-order valence-corrected chi connectivity index (χ1v) is 7.37. The van der Waals surface area contributed by atoms with Gasteiger partial charge in [-0.3, -0.25) is 0 Å². The summed E-state index contributed by atoms with van der Waals surface area (Å²) in [7, 11) is 2.16. The van der Waals surface area contributed by atoms with Crippen LogP contribution in [0.4, 0.5) is 5.95 Å². The first-order valence-electron chi connectivity index (χ1n) is 6.57. The Balaban J connectivity index is 1.70. The van der Waals surface area contributed by atoms with E-state index in [0.29, 0.717) is 17.9 Å². The molecule has 0 amide bonds. The number of hydrogen-bond acceptors (Lipinski definition) is 5. The molecular weight excluding hydrogens is 294 g/mol. The van der Waals surface area contributed by atoms with Gasteiger partial charge in [-0.1, -0.05) is 0 Å². The second-order valence-corrected chi connectivity index (χ2v) is 6.08. The lowest BCUT2D eigenvalue weighted by Gasteiger charge is -2.30. The van der Waals surface area contributed by atoms with E-state index in [0.717, 1.165) is 16.8 Å². The summed E-state index contributed by atoms with van der Waals surface area (Å²) in [5, 5.41) is 11.7. The van der Waals surface area contributed by atoms with Crippen LogP contribution in [0.2, 0.25) is 0 Å². The molecule has 0 unspecified atom stereocenters. The fourth-order valence-corrected chi connectivity index (χ4v) is 2.96. The average molecular weight is 312 g/mol. The van der Waals surface area contributed by atoms with Gasteiger partial charge in [0.1, 0.15) is 0 Å². The number of piperidine rings is 1. The molecule has 2 fully saturated rings. The largest absolute Gasteiger partial charge is 0.349 e. The van der Waals surface area contributed by atoms with Crippen LogP contribution in [-0.4, -0.2) is 46.3 Å². The average Bonchev–Trinajstić information content (AvgIpc) is 3.16. The molecule has 3 rings (SSSR count). The van der Waals surface area contributed by atoms with Crippen molar-refractivity contribution in [3.05, 3.63) is 10.3 Å². The van der Waals surface area contributed by atoms with Crippen molar-refractivity contribution in [2.75, 3.05) is 25.5 Å². The highest BCUT2D eigenvalue weighted by Crippen LogP contribution is 2.41. The first kappa shape index (κ1) is 12.3. The van der Waals surface area contributed by atoms with Crippen LogP contribution in [0.5, 0.6) is 0 Å². The smallest absolute Gasteiger partial charge is 0.243 e. The summed E-state index contributed by atoms with van der Waals surface area (Å²) in [6.45, 7) is 2.24. The Bertz CT molecular complexity index is 434. The van der Waals surface area contributed by atoms with Crippen LogP contribution in [0.3, 0.4) is 0 Å². The number of nitrogens with zero attached hydrogens (tertiary/aromatic N) is 4. The molecule has 6 heteroatoms. The van der Waals surface area contributed by atoms with Crippen molar-refractivity contribution in [2.45, 2.75) is 37.6 Å². The molecule has 1 saturated carbocycles. The molecule has 0 radical (unpaired) electrons. The number of anilines is 1. The highest BCUT2D eigenvalue weighted by Gasteiger charge is 2.29. The number of nitrogens with one attached hydrogen (secondary N) is 1. The van der Waals surface area contributed by atoms with Crippen molar-refractivity contribution < 1.29 is 0 Å². The molecule has 2 heterocycles. The maximum atomic E-state index is 4.60. The predicted molar refractivity (Wildman–Crippen MR) is 73.6 cm³/mol. The number of halogens is 1. The molecule has 1 aromatic rings. The van der Waals surface area contributed by atoms with E-state index < -0.39 is 0 Å². The van der Waals surface area contributed by atoms with Crippen LogP contribution in [0.15, 0.2) is 4.60 Å². The Morgan fingerprint density at radius 2 is 2.11 bits per heavy atom. The molecule has 0 spiro atoms. The second-order valence-electron chi connectivity index (χ2n) is 5.33. The van der Waals surface area contributed by atoms with Crippen molar-refractivity contribution in [3.8, 4) is 0 Å². The molecule has 0 aromatic carbocycles. The van der Waals surface area contributed by atoms with Gasteiger partial charge in [-0.05, 0) is 55.2 Å². The van der Waals surface area contributed by atoms with Crippen LogP contribution in [0.25, 0.3) is 0 Å². The third-order valence-electron chi connectivity index (χ3n) is 3.59. The quantitative estimate of drug-likeness (QED) is 0.925. The zero-order chi connectivity index (χ0) is 12.5. The van der Waals surface area contributed by atoms with Crippen LogP contribution < -0.4 is 5.32 Å². The van der Waals surface area contributed by atoms with Gasteiger partial charge in [-0.25, -0.2) is 4.98 Å². The van der Waals surface area contributed by atoms with Crippen LogP contribution in [0.1, 0.15) is 37.3 Å². The van der Waals surface area contributed by atoms with E-state index in [2.05, 4.69) is 48.4 Å². The van der Waals surface area contributed by atoms with E-state index in [4.69, 9.17) is 0 Å². The molecule has 1 saturated heterocycles. The van der Waals surface area contributed by atoms with Gasteiger partial charge in [0.15, 0.2) is 4.60 Å². The lowest BCUT2D eigenvalue weighted by atomic mass is 10.1. The highest BCUT2D eigenvalue weighted by molar-refractivity contribution is 9.10. The van der Waals surface area contributed by atoms with Gasteiger partial charge in [-0.2, -0.15) is 0 Å². The zero-order valence-electron chi connectivity index (χ0n) is 10.6. The zero-order valence-corrected chi connectivity index (χ0v) is 12.2. The van der Waals surface area contributed by atoms with E-state index in [-0.39, 0.29) is 0 Å². The summed E-state index contributed by atoms with van der Waals surface area (Å²) in [6.07, 6.45) is 4.86. The SMILES string of the molecule is CN1CCC[C@@H](Nc2nnc(Br)c(C3CC3)n2)C1. The molecule has 1 aliphatic heterocycles. The summed E-state index contributed by atoms with van der Waals surface area (Å²) in [6, 6.07) is 0.443. The molecule has 5 nitrogen and oxygen atoms in total. The third kappa shape index (κ3) is 2.80. The summed E-state index contributed by atoms with van der Waals surface area (Å²) < 4.78 is 0.802. The maximum Gasteiger partial charge on any atom is 0.243 e. The fraction of sp³-hybridized carbons (Fsp3) is 0.750. The fourth-order valence-electron chi connectivity index (χ4n) is 2.47. The van der Waals surface area contributed by atoms with Gasteiger partial charge in [0.05, 0.1) is 5.69 Å². The van der Waals surface area contributed by atoms with Crippen LogP contribution >= 0.6 is 15.9 Å². The Labute approximate surface area is 116 Å². The summed E-state index contributed by atoms with van der Waals surface area (Å²) in [5.74, 6) is 1.27. The molecule has 1 aromatic heterocycles. The molecule has 0 bridgehead atoms. The molecule has 2 aliphatic rings. The molecule has 18 heavy (non-hydrogen) atoms. The number of likely N-dealkylation sites (tertiary alicyclic amines) is 1. The Morgan fingerprint density at radius 1 is 1.28 bits per heavy atom. The maximum absolute atomic E-state index is 4.60. The Kier molecular flexibility index (Phi) is 3.48. The van der Waals surface area contributed by atoms with Gasteiger partial charge < -0.3 is 10.2 Å². The monoisotopic (exact) mass is 311 g/mol. The Morgan fingerprint density at radius 3 is 2.83 bits per heavy atom. The molecule has 1 atom stereocenters. The number of likely N-dealkylation sites (N-methyl/N-ethyl adjacent to an activating group) is 1. The standard InChI is InChI=1S/C12H18BrN5/c1-18-6-2-3-9(7-18)14-12-15-10(8-4-5-8)11(13)16-17-12/h8-9H,2-7H2,1H3,(H,14,15,17)/t9-/m1/s1. The normalized spacial score (nSPS) is 25.1. The van der Waals surface area contributed by atoms with Crippen molar-refractivity contribution in [1.29, 1.82) is 0 Å². The lowest BCUT2D eigenvalue weighted by Crippen LogP contribution is -2.40. The lowest BCUT2D eigenvalue weighted by molar-refractivity contribution is 0.260. The molecule has 98 valence electrons. The van der Waals surface area contributed by atoms with E-state index in [9.17, 15) is 0 Å². The van der Waals surface area contributed by atoms with E-state index in [1.54, 1.807) is 0 Å². The van der Waals surface area contributed by atoms with Crippen LogP contribution in [0, 0.1) is 0 Å². The molecule has 1 N–H and O–H groups in total. The minimum atomic E-state index is 0.443. The van der Waals surface area contributed by atoms with Gasteiger partial charge in [0, 0.05) is 18.5 Å². The van der Waals surface area contributed by atoms with Gasteiger partial charge in [0.2, 0.25) is 5.95 Å². The van der Waals surface area contributed by atoms with Crippen molar-refractivity contribution >= 4 is 21.9 Å². The molecular formula is C12H18BrN5. The summed E-state index contributed by atoms with van der Waals surface area (Å²) >= 11 is 3.43. The first-order chi connectivity index (χ1) is 8.72. The van der Waals surface area contributed by atoms with E-state index in [1.165, 1.54) is 32.2 Å². The Hall–Kier alpha value is -0.750. The number of aromatic nitrogens is 3. The van der Waals surface area contributed by atoms with Crippen LogP contribution in [-0.2, 0) is 0 Å². The minimum Gasteiger partial charge on any atom is -0.349 e. The third-order valence-corrected chi connectivity index (χ3v) is 4.16. The topological polar surface area (TPSA) is 53.9 Å². The minimum absolute atomic E-state index is 0.443. The highest BCUT2D eigenvalue weighted by atomic mass is 79.9. The van der Waals surface area contributed by atoms with Gasteiger partial charge in [-0.15, -0.1) is 10.2 Å². The van der Waals surface area contributed by atoms with E-state index >= 15 is 0 Å². The van der Waals surface area contributed by atoms with Crippen molar-refractivity contribution in [3.63, 3.8) is 0 Å². The molecule has 1 aliphatic carbocycles. The van der Waals surface area contributed by atoms with Crippen molar-refractivity contribution in [2.24, 2.45) is 0 Å². The second kappa shape index (κ2) is 5.09. The van der Waals surface area contributed by atoms with Crippen molar-refractivity contribution in [1.82, 2.24) is 20.1 Å². The number of hydrogen-bond donors (Lipinski definition) is 1. The van der Waals surface area contributed by atoms with Gasteiger partial charge >= 0.3 is 0 Å². The predicted octanol–water partition coefficient (Wildman–Crippen LogP) is 2.02.